The number of nitrogens with one attached hydrogen (secondary N) is 1. The van der Waals surface area contributed by atoms with Gasteiger partial charge in [-0.3, -0.25) is 9.59 Å². The monoisotopic (exact) mass is 323 g/mol. The molecular weight excluding hydrogens is 302 g/mol. The number of carboxylic acid groups (broad SMARTS) is 1. The Bertz CT molecular complexity index is 582. The Kier molecular flexibility index (Phi) is 4.52. The summed E-state index contributed by atoms with van der Waals surface area (Å²) in [6, 6.07) is 7.30. The van der Waals surface area contributed by atoms with Gasteiger partial charge in [0.1, 0.15) is 0 Å². The molecule has 0 bridgehead atoms. The number of carboxylic acids is 1. The summed E-state index contributed by atoms with van der Waals surface area (Å²) in [6.45, 7) is 6.04. The van der Waals surface area contributed by atoms with Crippen molar-refractivity contribution >= 4 is 23.5 Å². The summed E-state index contributed by atoms with van der Waals surface area (Å²) < 4.78 is 0. The molecular formula is C17H22ClNO3. The molecule has 0 heterocycles. The average molecular weight is 324 g/mol. The highest BCUT2D eigenvalue weighted by Crippen LogP contribution is 2.56. The van der Waals surface area contributed by atoms with Crippen molar-refractivity contribution < 1.29 is 14.7 Å². The smallest absolute Gasteiger partial charge is 0.307 e. The lowest BCUT2D eigenvalue weighted by molar-refractivity contribution is -0.148. The van der Waals surface area contributed by atoms with Crippen LogP contribution in [0.2, 0.25) is 5.02 Å². The molecule has 1 aromatic carbocycles. The minimum absolute atomic E-state index is 0.0869. The predicted octanol–water partition coefficient (Wildman–Crippen LogP) is 3.48. The van der Waals surface area contributed by atoms with Crippen LogP contribution in [0.25, 0.3) is 0 Å². The number of aliphatic carboxylic acids is 1. The number of hydrogen-bond donors (Lipinski definition) is 2. The van der Waals surface area contributed by atoms with Gasteiger partial charge in [0.05, 0.1) is 11.3 Å². The Morgan fingerprint density at radius 3 is 2.36 bits per heavy atom. The third-order valence-corrected chi connectivity index (χ3v) is 5.64. The van der Waals surface area contributed by atoms with Gasteiger partial charge in [-0.05, 0) is 36.0 Å². The summed E-state index contributed by atoms with van der Waals surface area (Å²) in [4.78, 5) is 24.1. The molecule has 1 aliphatic rings. The van der Waals surface area contributed by atoms with Crippen LogP contribution in [0, 0.1) is 16.7 Å². The molecule has 1 saturated carbocycles. The summed E-state index contributed by atoms with van der Waals surface area (Å²) in [5.74, 6) is -1.39. The van der Waals surface area contributed by atoms with Crippen LogP contribution in [0.3, 0.4) is 0 Å². The Labute approximate surface area is 135 Å². The molecule has 0 radical (unpaired) electrons. The molecule has 1 amide bonds. The van der Waals surface area contributed by atoms with Crippen molar-refractivity contribution in [3.8, 4) is 0 Å². The molecule has 2 N–H and O–H groups in total. The van der Waals surface area contributed by atoms with E-state index in [0.717, 1.165) is 5.56 Å². The number of halogens is 1. The highest BCUT2D eigenvalue weighted by molar-refractivity contribution is 6.30. The van der Waals surface area contributed by atoms with E-state index in [9.17, 15) is 14.7 Å². The number of amides is 1. The number of rotatable bonds is 4. The number of hydrogen-bond acceptors (Lipinski definition) is 2. The number of benzene rings is 1. The van der Waals surface area contributed by atoms with E-state index in [2.05, 4.69) is 5.32 Å². The van der Waals surface area contributed by atoms with Crippen molar-refractivity contribution in [2.45, 2.75) is 40.2 Å². The van der Waals surface area contributed by atoms with Gasteiger partial charge in [0, 0.05) is 11.6 Å². The predicted molar refractivity (Wildman–Crippen MR) is 85.5 cm³/mol. The van der Waals surface area contributed by atoms with Crippen molar-refractivity contribution in [3.05, 3.63) is 34.9 Å². The first kappa shape index (κ1) is 16.8. The van der Waals surface area contributed by atoms with E-state index in [4.69, 9.17) is 11.6 Å². The fraction of sp³-hybridized carbons (Fsp3) is 0.529. The first-order chi connectivity index (χ1) is 10.2. The molecule has 5 heteroatoms. The van der Waals surface area contributed by atoms with Gasteiger partial charge in [0.2, 0.25) is 5.91 Å². The van der Waals surface area contributed by atoms with Crippen LogP contribution in [-0.2, 0) is 16.1 Å². The topological polar surface area (TPSA) is 66.4 Å². The summed E-state index contributed by atoms with van der Waals surface area (Å²) in [6.07, 6.45) is 1.12. The van der Waals surface area contributed by atoms with Crippen LogP contribution in [0.5, 0.6) is 0 Å². The molecule has 120 valence electrons. The van der Waals surface area contributed by atoms with Crippen molar-refractivity contribution in [1.82, 2.24) is 5.32 Å². The van der Waals surface area contributed by atoms with Gasteiger partial charge >= 0.3 is 5.97 Å². The summed E-state index contributed by atoms with van der Waals surface area (Å²) in [7, 11) is 0. The van der Waals surface area contributed by atoms with Crippen LogP contribution in [0.15, 0.2) is 24.3 Å². The lowest BCUT2D eigenvalue weighted by Crippen LogP contribution is -2.47. The van der Waals surface area contributed by atoms with E-state index in [-0.39, 0.29) is 5.91 Å². The fourth-order valence-electron chi connectivity index (χ4n) is 3.32. The van der Waals surface area contributed by atoms with E-state index in [1.54, 1.807) is 12.1 Å². The molecule has 4 nitrogen and oxygen atoms in total. The third kappa shape index (κ3) is 2.84. The van der Waals surface area contributed by atoms with Crippen molar-refractivity contribution in [2.24, 2.45) is 16.7 Å². The highest BCUT2D eigenvalue weighted by atomic mass is 35.5. The van der Waals surface area contributed by atoms with Crippen LogP contribution >= 0.6 is 11.6 Å². The van der Waals surface area contributed by atoms with E-state index in [1.165, 1.54) is 0 Å². The standard InChI is InChI=1S/C17H22ClNO3/c1-16(2)13(14(20)21)8-9-17(16,3)15(22)19-10-11-4-6-12(18)7-5-11/h4-7,13H,8-10H2,1-3H3,(H,19,22)(H,20,21)/t13-,17+/m1/s1. The van der Waals surface area contributed by atoms with Crippen LogP contribution in [0.1, 0.15) is 39.2 Å². The van der Waals surface area contributed by atoms with Crippen molar-refractivity contribution in [2.75, 3.05) is 0 Å². The Morgan fingerprint density at radius 2 is 1.86 bits per heavy atom. The lowest BCUT2D eigenvalue weighted by atomic mass is 9.65. The van der Waals surface area contributed by atoms with Crippen LogP contribution in [0.4, 0.5) is 0 Å². The van der Waals surface area contributed by atoms with Crippen molar-refractivity contribution in [1.29, 1.82) is 0 Å². The third-order valence-electron chi connectivity index (χ3n) is 5.39. The summed E-state index contributed by atoms with van der Waals surface area (Å²) >= 11 is 5.84. The Balaban J connectivity index is 2.08. The zero-order valence-corrected chi connectivity index (χ0v) is 13.9. The Morgan fingerprint density at radius 1 is 1.27 bits per heavy atom. The second kappa shape index (κ2) is 5.92. The fourth-order valence-corrected chi connectivity index (χ4v) is 3.44. The maximum Gasteiger partial charge on any atom is 0.307 e. The van der Waals surface area contributed by atoms with Gasteiger partial charge < -0.3 is 10.4 Å². The van der Waals surface area contributed by atoms with E-state index >= 15 is 0 Å². The summed E-state index contributed by atoms with van der Waals surface area (Å²) in [5, 5.41) is 12.9. The second-order valence-corrected chi connectivity index (χ2v) is 7.23. The molecule has 0 aliphatic heterocycles. The quantitative estimate of drug-likeness (QED) is 0.891. The zero-order valence-electron chi connectivity index (χ0n) is 13.1. The number of carbonyl (C=O) groups is 2. The van der Waals surface area contributed by atoms with Gasteiger partial charge in [-0.25, -0.2) is 0 Å². The molecule has 0 saturated heterocycles. The molecule has 1 aliphatic carbocycles. The first-order valence-electron chi connectivity index (χ1n) is 7.44. The SMILES string of the molecule is CC1(C)[C@@H](C(=O)O)CC[C@@]1(C)C(=O)NCc1ccc(Cl)cc1. The minimum atomic E-state index is -0.820. The van der Waals surface area contributed by atoms with Gasteiger partial charge in [-0.1, -0.05) is 44.5 Å². The van der Waals surface area contributed by atoms with Crippen molar-refractivity contribution in [3.63, 3.8) is 0 Å². The molecule has 0 unspecified atom stereocenters. The van der Waals surface area contributed by atoms with Gasteiger partial charge in [0.25, 0.3) is 0 Å². The largest absolute Gasteiger partial charge is 0.481 e. The molecule has 0 aromatic heterocycles. The molecule has 2 atom stereocenters. The van der Waals surface area contributed by atoms with Crippen LogP contribution in [-0.4, -0.2) is 17.0 Å². The lowest BCUT2D eigenvalue weighted by Gasteiger charge is -2.39. The van der Waals surface area contributed by atoms with E-state index in [1.807, 2.05) is 32.9 Å². The maximum atomic E-state index is 12.7. The molecule has 0 spiro atoms. The minimum Gasteiger partial charge on any atom is -0.481 e. The highest BCUT2D eigenvalue weighted by Gasteiger charge is 2.58. The summed E-state index contributed by atoms with van der Waals surface area (Å²) in [5.41, 5.74) is -0.294. The number of carbonyl (C=O) groups excluding carboxylic acids is 1. The zero-order chi connectivity index (χ0) is 16.5. The van der Waals surface area contributed by atoms with Gasteiger partial charge in [-0.15, -0.1) is 0 Å². The second-order valence-electron chi connectivity index (χ2n) is 6.79. The van der Waals surface area contributed by atoms with Crippen LogP contribution < -0.4 is 5.32 Å². The normalized spacial score (nSPS) is 26.6. The molecule has 2 rings (SSSR count). The molecule has 1 fully saturated rings. The maximum absolute atomic E-state index is 12.7. The van der Waals surface area contributed by atoms with Gasteiger partial charge in [0.15, 0.2) is 0 Å². The van der Waals surface area contributed by atoms with E-state index < -0.39 is 22.7 Å². The molecule has 1 aromatic rings. The van der Waals surface area contributed by atoms with E-state index in [0.29, 0.717) is 24.4 Å². The average Bonchev–Trinajstić information content (AvgIpc) is 2.69. The molecule has 22 heavy (non-hydrogen) atoms. The van der Waals surface area contributed by atoms with Gasteiger partial charge in [-0.2, -0.15) is 0 Å². The first-order valence-corrected chi connectivity index (χ1v) is 7.82. The Hall–Kier alpha value is -1.55.